The number of carbonyl (C=O) groups is 2. The summed E-state index contributed by atoms with van der Waals surface area (Å²) in [7, 11) is 0. The number of amides is 2. The number of nitrogens with one attached hydrogen (secondary N) is 1. The van der Waals surface area contributed by atoms with Crippen molar-refractivity contribution in [1.29, 1.82) is 0 Å². The van der Waals surface area contributed by atoms with Gasteiger partial charge in [-0.2, -0.15) is 0 Å². The molecule has 4 nitrogen and oxygen atoms in total. The van der Waals surface area contributed by atoms with Crippen molar-refractivity contribution in [1.82, 2.24) is 10.2 Å². The number of hydrogen-bond donors (Lipinski definition) is 1. The lowest BCUT2D eigenvalue weighted by Gasteiger charge is -2.38. The van der Waals surface area contributed by atoms with E-state index in [-0.39, 0.29) is 17.2 Å². The standard InChI is InChI=1S/C13H22N2O2/c1-10(2)7-12(17)15-5-3-13(4-6-15)8-11(16)14-9-13/h10H,3-9H2,1-2H3,(H,14,16). The second-order valence-electron chi connectivity index (χ2n) is 5.93. The van der Waals surface area contributed by atoms with E-state index in [9.17, 15) is 9.59 Å². The molecule has 2 aliphatic rings. The fourth-order valence-corrected chi connectivity index (χ4v) is 2.81. The van der Waals surface area contributed by atoms with Gasteiger partial charge in [-0.15, -0.1) is 0 Å². The third-order valence-corrected chi connectivity index (χ3v) is 3.96. The van der Waals surface area contributed by atoms with E-state index in [1.807, 2.05) is 4.90 Å². The van der Waals surface area contributed by atoms with E-state index >= 15 is 0 Å². The monoisotopic (exact) mass is 238 g/mol. The van der Waals surface area contributed by atoms with Crippen LogP contribution >= 0.6 is 0 Å². The van der Waals surface area contributed by atoms with Crippen molar-refractivity contribution in [3.05, 3.63) is 0 Å². The van der Waals surface area contributed by atoms with Crippen LogP contribution in [0.1, 0.15) is 39.5 Å². The zero-order valence-corrected chi connectivity index (χ0v) is 10.8. The van der Waals surface area contributed by atoms with Crippen LogP contribution in [-0.4, -0.2) is 36.3 Å². The first kappa shape index (κ1) is 12.4. The minimum absolute atomic E-state index is 0.145. The normalized spacial score (nSPS) is 23.2. The molecule has 4 heteroatoms. The number of nitrogens with zero attached hydrogens (tertiary/aromatic N) is 1. The molecule has 1 N–H and O–H groups in total. The van der Waals surface area contributed by atoms with Gasteiger partial charge in [0.2, 0.25) is 11.8 Å². The van der Waals surface area contributed by atoms with Gasteiger partial charge in [0.05, 0.1) is 0 Å². The molecule has 0 radical (unpaired) electrons. The Morgan fingerprint density at radius 2 is 2.06 bits per heavy atom. The highest BCUT2D eigenvalue weighted by atomic mass is 16.2. The highest BCUT2D eigenvalue weighted by Gasteiger charge is 2.41. The Labute approximate surface area is 103 Å². The van der Waals surface area contributed by atoms with Gasteiger partial charge in [0.15, 0.2) is 0 Å². The van der Waals surface area contributed by atoms with Gasteiger partial charge in [0.1, 0.15) is 0 Å². The number of rotatable bonds is 2. The van der Waals surface area contributed by atoms with Crippen LogP contribution in [0.2, 0.25) is 0 Å². The first-order valence-corrected chi connectivity index (χ1v) is 6.55. The summed E-state index contributed by atoms with van der Waals surface area (Å²) in [5, 5.41) is 2.91. The predicted molar refractivity (Wildman–Crippen MR) is 65.3 cm³/mol. The summed E-state index contributed by atoms with van der Waals surface area (Å²) in [5.74, 6) is 0.868. The molecule has 1 spiro atoms. The van der Waals surface area contributed by atoms with Crippen molar-refractivity contribution in [2.24, 2.45) is 11.3 Å². The molecule has 0 bridgehead atoms. The summed E-state index contributed by atoms with van der Waals surface area (Å²) in [6, 6.07) is 0. The van der Waals surface area contributed by atoms with Gasteiger partial charge in [0.25, 0.3) is 0 Å². The van der Waals surface area contributed by atoms with Crippen molar-refractivity contribution in [2.45, 2.75) is 39.5 Å². The third kappa shape index (κ3) is 2.79. The second-order valence-corrected chi connectivity index (χ2v) is 5.93. The van der Waals surface area contributed by atoms with E-state index in [0.717, 1.165) is 32.5 Å². The molecule has 17 heavy (non-hydrogen) atoms. The van der Waals surface area contributed by atoms with E-state index in [0.29, 0.717) is 18.8 Å². The maximum Gasteiger partial charge on any atom is 0.222 e. The predicted octanol–water partition coefficient (Wildman–Crippen LogP) is 1.16. The second kappa shape index (κ2) is 4.67. The fraction of sp³-hybridized carbons (Fsp3) is 0.846. The molecule has 0 unspecified atom stereocenters. The molecular weight excluding hydrogens is 216 g/mol. The number of likely N-dealkylation sites (tertiary alicyclic amines) is 1. The van der Waals surface area contributed by atoms with Gasteiger partial charge in [-0.1, -0.05) is 13.8 Å². The van der Waals surface area contributed by atoms with Crippen LogP contribution in [0.15, 0.2) is 0 Å². The summed E-state index contributed by atoms with van der Waals surface area (Å²) in [6.45, 7) is 6.59. The van der Waals surface area contributed by atoms with Gasteiger partial charge in [-0.05, 0) is 24.2 Å². The van der Waals surface area contributed by atoms with Crippen LogP contribution in [0, 0.1) is 11.3 Å². The van der Waals surface area contributed by atoms with Crippen molar-refractivity contribution in [2.75, 3.05) is 19.6 Å². The van der Waals surface area contributed by atoms with E-state index in [1.165, 1.54) is 0 Å². The Kier molecular flexibility index (Phi) is 3.40. The molecule has 2 fully saturated rings. The maximum absolute atomic E-state index is 11.9. The Balaban J connectivity index is 1.86. The Hall–Kier alpha value is -1.06. The van der Waals surface area contributed by atoms with Crippen molar-refractivity contribution in [3.63, 3.8) is 0 Å². The van der Waals surface area contributed by atoms with Crippen LogP contribution in [0.5, 0.6) is 0 Å². The van der Waals surface area contributed by atoms with E-state index in [1.54, 1.807) is 0 Å². The fourth-order valence-electron chi connectivity index (χ4n) is 2.81. The molecule has 0 aliphatic carbocycles. The summed E-state index contributed by atoms with van der Waals surface area (Å²) in [6.07, 6.45) is 3.23. The molecule has 96 valence electrons. The molecule has 2 aliphatic heterocycles. The van der Waals surface area contributed by atoms with Crippen LogP contribution < -0.4 is 5.32 Å². The lowest BCUT2D eigenvalue weighted by atomic mass is 9.77. The van der Waals surface area contributed by atoms with Gasteiger partial charge in [0, 0.05) is 32.5 Å². The lowest BCUT2D eigenvalue weighted by Crippen LogP contribution is -2.44. The van der Waals surface area contributed by atoms with E-state index in [4.69, 9.17) is 0 Å². The lowest BCUT2D eigenvalue weighted by molar-refractivity contribution is -0.134. The molecule has 0 saturated carbocycles. The summed E-state index contributed by atoms with van der Waals surface area (Å²) < 4.78 is 0. The van der Waals surface area contributed by atoms with Gasteiger partial charge in [-0.25, -0.2) is 0 Å². The quantitative estimate of drug-likeness (QED) is 0.785. The molecule has 0 aromatic rings. The zero-order valence-electron chi connectivity index (χ0n) is 10.8. The average Bonchev–Trinajstić information content (AvgIpc) is 2.60. The summed E-state index contributed by atoms with van der Waals surface area (Å²) >= 11 is 0. The minimum Gasteiger partial charge on any atom is -0.356 e. The molecule has 2 heterocycles. The maximum atomic E-state index is 11.9. The summed E-state index contributed by atoms with van der Waals surface area (Å²) in [4.78, 5) is 25.2. The smallest absolute Gasteiger partial charge is 0.222 e. The first-order valence-electron chi connectivity index (χ1n) is 6.55. The number of piperidine rings is 1. The number of hydrogen-bond acceptors (Lipinski definition) is 2. The van der Waals surface area contributed by atoms with Crippen LogP contribution in [0.25, 0.3) is 0 Å². The van der Waals surface area contributed by atoms with Crippen molar-refractivity contribution in [3.8, 4) is 0 Å². The van der Waals surface area contributed by atoms with Crippen LogP contribution in [0.3, 0.4) is 0 Å². The largest absolute Gasteiger partial charge is 0.356 e. The summed E-state index contributed by atoms with van der Waals surface area (Å²) in [5.41, 5.74) is 0.145. The first-order chi connectivity index (χ1) is 8.01. The third-order valence-electron chi connectivity index (χ3n) is 3.96. The molecule has 0 atom stereocenters. The Morgan fingerprint density at radius 3 is 2.53 bits per heavy atom. The molecule has 2 saturated heterocycles. The molecular formula is C13H22N2O2. The highest BCUT2D eigenvalue weighted by Crippen LogP contribution is 2.37. The topological polar surface area (TPSA) is 49.4 Å². The van der Waals surface area contributed by atoms with Crippen LogP contribution in [-0.2, 0) is 9.59 Å². The van der Waals surface area contributed by atoms with Crippen molar-refractivity contribution < 1.29 is 9.59 Å². The zero-order chi connectivity index (χ0) is 12.5. The van der Waals surface area contributed by atoms with Gasteiger partial charge < -0.3 is 10.2 Å². The molecule has 0 aromatic heterocycles. The van der Waals surface area contributed by atoms with Gasteiger partial charge in [-0.3, -0.25) is 9.59 Å². The number of carbonyl (C=O) groups excluding carboxylic acids is 2. The molecule has 0 aromatic carbocycles. The molecule has 2 rings (SSSR count). The highest BCUT2D eigenvalue weighted by molar-refractivity contribution is 5.79. The van der Waals surface area contributed by atoms with E-state index < -0.39 is 0 Å². The van der Waals surface area contributed by atoms with Crippen molar-refractivity contribution >= 4 is 11.8 Å². The average molecular weight is 238 g/mol. The SMILES string of the molecule is CC(C)CC(=O)N1CCC2(CC1)CNC(=O)C2. The molecule has 2 amide bonds. The minimum atomic E-state index is 0.145. The Bertz CT molecular complexity index is 317. The van der Waals surface area contributed by atoms with Gasteiger partial charge >= 0.3 is 0 Å². The van der Waals surface area contributed by atoms with E-state index in [2.05, 4.69) is 19.2 Å². The van der Waals surface area contributed by atoms with Crippen LogP contribution in [0.4, 0.5) is 0 Å². The Morgan fingerprint density at radius 1 is 1.41 bits per heavy atom.